The van der Waals surface area contributed by atoms with Crippen LogP contribution in [-0.2, 0) is 0 Å². The number of hydrogen-bond donors (Lipinski definition) is 1. The summed E-state index contributed by atoms with van der Waals surface area (Å²) >= 11 is 0. The second-order valence-corrected chi connectivity index (χ2v) is 3.32. The van der Waals surface area contributed by atoms with Crippen molar-refractivity contribution in [2.24, 2.45) is 5.73 Å². The number of amides is 1. The van der Waals surface area contributed by atoms with Crippen molar-refractivity contribution in [2.45, 2.75) is 6.92 Å². The molecule has 1 heterocycles. The van der Waals surface area contributed by atoms with Crippen molar-refractivity contribution < 1.29 is 4.79 Å². The van der Waals surface area contributed by atoms with Gasteiger partial charge in [0.05, 0.1) is 5.69 Å². The lowest BCUT2D eigenvalue weighted by Gasteiger charge is -2.06. The summed E-state index contributed by atoms with van der Waals surface area (Å²) in [6, 6.07) is 7.15. The molecule has 0 spiro atoms. The Morgan fingerprint density at radius 2 is 2.27 bits per heavy atom. The molecule has 2 rings (SSSR count). The summed E-state index contributed by atoms with van der Waals surface area (Å²) in [5, 5.41) is 4.12. The highest BCUT2D eigenvalue weighted by Crippen LogP contribution is 2.14. The van der Waals surface area contributed by atoms with Gasteiger partial charge in [0.25, 0.3) is 0 Å². The molecule has 4 nitrogen and oxygen atoms in total. The second kappa shape index (κ2) is 3.57. The lowest BCUT2D eigenvalue weighted by Crippen LogP contribution is -2.11. The number of carbonyl (C=O) groups is 1. The number of aromatic nitrogens is 2. The first-order valence-corrected chi connectivity index (χ1v) is 4.59. The number of benzene rings is 1. The van der Waals surface area contributed by atoms with Crippen LogP contribution in [0.2, 0.25) is 0 Å². The normalized spacial score (nSPS) is 10.2. The second-order valence-electron chi connectivity index (χ2n) is 3.32. The van der Waals surface area contributed by atoms with E-state index in [2.05, 4.69) is 5.10 Å². The maximum absolute atomic E-state index is 11.0. The number of carbonyl (C=O) groups excluding carboxylic acids is 1. The highest BCUT2D eigenvalue weighted by molar-refractivity contribution is 5.93. The largest absolute Gasteiger partial charge is 0.366 e. The SMILES string of the molecule is Cc1cc(C(N)=O)ccc1-n1cccn1. The first kappa shape index (κ1) is 9.45. The van der Waals surface area contributed by atoms with E-state index in [0.29, 0.717) is 5.56 Å². The molecule has 0 aliphatic carbocycles. The molecule has 0 saturated heterocycles. The summed E-state index contributed by atoms with van der Waals surface area (Å²) in [5.74, 6) is -0.412. The van der Waals surface area contributed by atoms with Gasteiger partial charge in [0.1, 0.15) is 0 Å². The average Bonchev–Trinajstić information content (AvgIpc) is 2.70. The van der Waals surface area contributed by atoms with Crippen molar-refractivity contribution in [1.82, 2.24) is 9.78 Å². The quantitative estimate of drug-likeness (QED) is 0.795. The van der Waals surface area contributed by atoms with Crippen LogP contribution in [0.4, 0.5) is 0 Å². The molecule has 15 heavy (non-hydrogen) atoms. The van der Waals surface area contributed by atoms with Gasteiger partial charge in [-0.25, -0.2) is 4.68 Å². The summed E-state index contributed by atoms with van der Waals surface area (Å²) in [4.78, 5) is 11.0. The van der Waals surface area contributed by atoms with Crippen molar-refractivity contribution in [3.05, 3.63) is 47.8 Å². The zero-order chi connectivity index (χ0) is 10.8. The van der Waals surface area contributed by atoms with Crippen LogP contribution < -0.4 is 5.73 Å². The molecule has 1 aromatic carbocycles. The standard InChI is InChI=1S/C11H11N3O/c1-8-7-9(11(12)15)3-4-10(8)14-6-2-5-13-14/h2-7H,1H3,(H2,12,15). The minimum Gasteiger partial charge on any atom is -0.366 e. The Morgan fingerprint density at radius 3 is 2.80 bits per heavy atom. The molecule has 1 amide bonds. The van der Waals surface area contributed by atoms with E-state index >= 15 is 0 Å². The van der Waals surface area contributed by atoms with Gasteiger partial charge in [-0.2, -0.15) is 5.10 Å². The highest BCUT2D eigenvalue weighted by atomic mass is 16.1. The van der Waals surface area contributed by atoms with Crippen LogP contribution in [0, 0.1) is 6.92 Å². The van der Waals surface area contributed by atoms with E-state index in [-0.39, 0.29) is 0 Å². The number of primary amides is 1. The van der Waals surface area contributed by atoms with Crippen LogP contribution in [0.15, 0.2) is 36.7 Å². The lowest BCUT2D eigenvalue weighted by molar-refractivity contribution is 0.1000. The molecule has 0 atom stereocenters. The first-order valence-electron chi connectivity index (χ1n) is 4.59. The van der Waals surface area contributed by atoms with Gasteiger partial charge in [0.15, 0.2) is 0 Å². The first-order chi connectivity index (χ1) is 7.18. The van der Waals surface area contributed by atoms with Gasteiger partial charge in [-0.15, -0.1) is 0 Å². The zero-order valence-electron chi connectivity index (χ0n) is 8.34. The van der Waals surface area contributed by atoms with Crippen molar-refractivity contribution in [2.75, 3.05) is 0 Å². The number of aryl methyl sites for hydroxylation is 1. The zero-order valence-corrected chi connectivity index (χ0v) is 8.34. The predicted molar refractivity (Wildman–Crippen MR) is 56.8 cm³/mol. The van der Waals surface area contributed by atoms with Crippen molar-refractivity contribution in [3.8, 4) is 5.69 Å². The van der Waals surface area contributed by atoms with E-state index in [1.807, 2.05) is 25.3 Å². The molecule has 76 valence electrons. The van der Waals surface area contributed by atoms with Crippen LogP contribution >= 0.6 is 0 Å². The average molecular weight is 201 g/mol. The summed E-state index contributed by atoms with van der Waals surface area (Å²) < 4.78 is 1.75. The van der Waals surface area contributed by atoms with E-state index in [1.54, 1.807) is 23.0 Å². The molecule has 0 aliphatic heterocycles. The third-order valence-corrected chi connectivity index (χ3v) is 2.23. The molecular weight excluding hydrogens is 190 g/mol. The Balaban J connectivity index is 2.48. The van der Waals surface area contributed by atoms with Gasteiger partial charge in [0.2, 0.25) is 5.91 Å². The number of nitrogens with two attached hydrogens (primary N) is 1. The number of hydrogen-bond acceptors (Lipinski definition) is 2. The maximum Gasteiger partial charge on any atom is 0.248 e. The van der Waals surface area contributed by atoms with E-state index in [0.717, 1.165) is 11.3 Å². The molecule has 0 aliphatic rings. The number of rotatable bonds is 2. The molecule has 0 unspecified atom stereocenters. The molecule has 2 N–H and O–H groups in total. The van der Waals surface area contributed by atoms with Gasteiger partial charge in [0, 0.05) is 18.0 Å². The summed E-state index contributed by atoms with van der Waals surface area (Å²) in [5.41, 5.74) is 7.62. The van der Waals surface area contributed by atoms with E-state index < -0.39 is 5.91 Å². The highest BCUT2D eigenvalue weighted by Gasteiger charge is 2.05. The third kappa shape index (κ3) is 1.74. The van der Waals surface area contributed by atoms with Gasteiger partial charge in [-0.05, 0) is 36.8 Å². The Hall–Kier alpha value is -2.10. The van der Waals surface area contributed by atoms with Crippen molar-refractivity contribution in [3.63, 3.8) is 0 Å². The summed E-state index contributed by atoms with van der Waals surface area (Å²) in [6.07, 6.45) is 3.56. The molecule has 0 radical (unpaired) electrons. The van der Waals surface area contributed by atoms with Crippen LogP contribution in [0.25, 0.3) is 5.69 Å². The lowest BCUT2D eigenvalue weighted by atomic mass is 10.1. The van der Waals surface area contributed by atoms with Gasteiger partial charge < -0.3 is 5.73 Å². The third-order valence-electron chi connectivity index (χ3n) is 2.23. The van der Waals surface area contributed by atoms with Gasteiger partial charge >= 0.3 is 0 Å². The molecule has 0 saturated carbocycles. The molecule has 4 heteroatoms. The maximum atomic E-state index is 11.0. The van der Waals surface area contributed by atoms with Crippen LogP contribution in [0.3, 0.4) is 0 Å². The minimum absolute atomic E-state index is 0.412. The number of nitrogens with zero attached hydrogens (tertiary/aromatic N) is 2. The molecule has 2 aromatic rings. The topological polar surface area (TPSA) is 60.9 Å². The van der Waals surface area contributed by atoms with Crippen LogP contribution in [-0.4, -0.2) is 15.7 Å². The van der Waals surface area contributed by atoms with Gasteiger partial charge in [-0.1, -0.05) is 0 Å². The fourth-order valence-electron chi connectivity index (χ4n) is 1.48. The van der Waals surface area contributed by atoms with E-state index in [4.69, 9.17) is 5.73 Å². The summed E-state index contributed by atoms with van der Waals surface area (Å²) in [7, 11) is 0. The molecule has 0 bridgehead atoms. The fourth-order valence-corrected chi connectivity index (χ4v) is 1.48. The Morgan fingerprint density at radius 1 is 1.47 bits per heavy atom. The minimum atomic E-state index is -0.412. The van der Waals surface area contributed by atoms with Crippen LogP contribution in [0.1, 0.15) is 15.9 Å². The molecular formula is C11H11N3O. The van der Waals surface area contributed by atoms with E-state index in [1.165, 1.54) is 0 Å². The van der Waals surface area contributed by atoms with E-state index in [9.17, 15) is 4.79 Å². The summed E-state index contributed by atoms with van der Waals surface area (Å²) in [6.45, 7) is 1.92. The van der Waals surface area contributed by atoms with Crippen molar-refractivity contribution >= 4 is 5.91 Å². The van der Waals surface area contributed by atoms with Gasteiger partial charge in [-0.3, -0.25) is 4.79 Å². The Labute approximate surface area is 87.3 Å². The fraction of sp³-hybridized carbons (Fsp3) is 0.0909. The molecule has 0 fully saturated rings. The predicted octanol–water partition coefficient (Wildman–Crippen LogP) is 1.28. The Bertz CT molecular complexity index is 489. The monoisotopic (exact) mass is 201 g/mol. The molecule has 1 aromatic heterocycles. The van der Waals surface area contributed by atoms with Crippen molar-refractivity contribution in [1.29, 1.82) is 0 Å². The Kier molecular flexibility index (Phi) is 2.25. The van der Waals surface area contributed by atoms with Crippen LogP contribution in [0.5, 0.6) is 0 Å². The smallest absolute Gasteiger partial charge is 0.248 e.